The van der Waals surface area contributed by atoms with Crippen LogP contribution in [0.5, 0.6) is 5.75 Å². The summed E-state index contributed by atoms with van der Waals surface area (Å²) < 4.78 is 5.39. The quantitative estimate of drug-likeness (QED) is 0.698. The summed E-state index contributed by atoms with van der Waals surface area (Å²) in [6.45, 7) is 3.07. The van der Waals surface area contributed by atoms with Crippen LogP contribution in [-0.2, 0) is 0 Å². The van der Waals surface area contributed by atoms with Gasteiger partial charge in [-0.3, -0.25) is 0 Å². The Morgan fingerprint density at radius 2 is 2.25 bits per heavy atom. The Morgan fingerprint density at radius 3 is 2.92 bits per heavy atom. The Morgan fingerprint density at radius 1 is 1.50 bits per heavy atom. The van der Waals surface area contributed by atoms with Gasteiger partial charge in [0.15, 0.2) is 0 Å². The van der Waals surface area contributed by atoms with Crippen molar-refractivity contribution >= 4 is 12.6 Å². The van der Waals surface area contributed by atoms with Gasteiger partial charge in [0, 0.05) is 17.0 Å². The van der Waals surface area contributed by atoms with Gasteiger partial charge in [-0.05, 0) is 19.1 Å². The van der Waals surface area contributed by atoms with Gasteiger partial charge >= 0.3 is 0 Å². The Hall–Kier alpha value is -0.670. The number of nitrogens with two attached hydrogens (primary N) is 1. The largest absolute Gasteiger partial charge is 0.492 e. The van der Waals surface area contributed by atoms with Crippen LogP contribution in [0.3, 0.4) is 0 Å². The molecule has 0 saturated heterocycles. The van der Waals surface area contributed by atoms with Gasteiger partial charge in [-0.1, -0.05) is 6.07 Å². The molecule has 1 rings (SSSR count). The molecule has 0 spiro atoms. The summed E-state index contributed by atoms with van der Waals surface area (Å²) in [5.74, 6) is 0.868. The molecule has 0 radical (unpaired) electrons. The average Bonchev–Trinajstić information content (AvgIpc) is 2.08. The van der Waals surface area contributed by atoms with Crippen molar-refractivity contribution in [3.63, 3.8) is 0 Å². The fraction of sp³-hybridized carbons (Fsp3) is 0.333. The van der Waals surface area contributed by atoms with Crippen LogP contribution in [-0.4, -0.2) is 13.2 Å². The number of rotatable bonds is 3. The molecular formula is C9H13NOS. The fourth-order valence-electron chi connectivity index (χ4n) is 0.928. The third-order valence-corrected chi connectivity index (χ3v) is 2.12. The second kappa shape index (κ2) is 4.38. The maximum absolute atomic E-state index is 5.39. The highest BCUT2D eigenvalue weighted by Gasteiger charge is 2.00. The van der Waals surface area contributed by atoms with Crippen molar-refractivity contribution < 1.29 is 4.74 Å². The Kier molecular flexibility index (Phi) is 3.44. The molecule has 0 saturated carbocycles. The van der Waals surface area contributed by atoms with E-state index in [2.05, 4.69) is 12.6 Å². The maximum Gasteiger partial charge on any atom is 0.123 e. The summed E-state index contributed by atoms with van der Waals surface area (Å²) in [4.78, 5) is 0.949. The fourth-order valence-corrected chi connectivity index (χ4v) is 1.12. The van der Waals surface area contributed by atoms with Crippen LogP contribution >= 0.6 is 12.6 Å². The lowest BCUT2D eigenvalue weighted by Crippen LogP contribution is -2.11. The molecule has 0 aliphatic carbocycles. The molecule has 0 aliphatic heterocycles. The molecule has 3 heteroatoms. The summed E-state index contributed by atoms with van der Waals surface area (Å²) in [7, 11) is 0. The highest BCUT2D eigenvalue weighted by Crippen LogP contribution is 2.23. The molecule has 0 aliphatic rings. The van der Waals surface area contributed by atoms with Crippen LogP contribution in [0.1, 0.15) is 5.56 Å². The predicted molar refractivity (Wildman–Crippen MR) is 53.0 cm³/mol. The van der Waals surface area contributed by atoms with Crippen molar-refractivity contribution in [2.24, 2.45) is 5.73 Å². The smallest absolute Gasteiger partial charge is 0.123 e. The summed E-state index contributed by atoms with van der Waals surface area (Å²) in [5.41, 5.74) is 6.38. The van der Waals surface area contributed by atoms with Crippen LogP contribution in [0.15, 0.2) is 23.1 Å². The number of ether oxygens (including phenoxy) is 1. The average molecular weight is 183 g/mol. The molecule has 2 nitrogen and oxygen atoms in total. The van der Waals surface area contributed by atoms with Crippen molar-refractivity contribution in [1.82, 2.24) is 0 Å². The minimum Gasteiger partial charge on any atom is -0.492 e. The van der Waals surface area contributed by atoms with E-state index in [1.165, 1.54) is 0 Å². The van der Waals surface area contributed by atoms with Gasteiger partial charge in [-0.2, -0.15) is 0 Å². The molecule has 0 aromatic heterocycles. The Balaban J connectivity index is 2.78. The van der Waals surface area contributed by atoms with Crippen LogP contribution in [0.4, 0.5) is 0 Å². The first kappa shape index (κ1) is 9.42. The highest BCUT2D eigenvalue weighted by molar-refractivity contribution is 7.80. The summed E-state index contributed by atoms with van der Waals surface area (Å²) in [6.07, 6.45) is 0. The van der Waals surface area contributed by atoms with E-state index in [1.54, 1.807) is 0 Å². The van der Waals surface area contributed by atoms with Crippen molar-refractivity contribution in [2.75, 3.05) is 13.2 Å². The standard InChI is InChI=1S/C9H13NOS/c1-7-8(11-6-5-10)3-2-4-9(7)12/h2-4,12H,5-6,10H2,1H3. The topological polar surface area (TPSA) is 35.2 Å². The van der Waals surface area contributed by atoms with Crippen molar-refractivity contribution in [1.29, 1.82) is 0 Å². The van der Waals surface area contributed by atoms with Crippen LogP contribution in [0.25, 0.3) is 0 Å². The SMILES string of the molecule is Cc1c(S)cccc1OCCN. The molecular weight excluding hydrogens is 170 g/mol. The van der Waals surface area contributed by atoms with E-state index in [0.717, 1.165) is 16.2 Å². The molecule has 12 heavy (non-hydrogen) atoms. The maximum atomic E-state index is 5.39. The summed E-state index contributed by atoms with van der Waals surface area (Å²) in [6, 6.07) is 5.78. The lowest BCUT2D eigenvalue weighted by Gasteiger charge is -2.08. The molecule has 0 bridgehead atoms. The molecule has 1 aromatic rings. The van der Waals surface area contributed by atoms with Crippen LogP contribution in [0, 0.1) is 6.92 Å². The second-order valence-corrected chi connectivity index (χ2v) is 3.02. The molecule has 66 valence electrons. The van der Waals surface area contributed by atoms with E-state index in [0.29, 0.717) is 13.2 Å². The third-order valence-electron chi connectivity index (χ3n) is 1.63. The number of hydrogen-bond donors (Lipinski definition) is 2. The molecule has 2 N–H and O–H groups in total. The van der Waals surface area contributed by atoms with Gasteiger partial charge in [-0.15, -0.1) is 12.6 Å². The van der Waals surface area contributed by atoms with Crippen molar-refractivity contribution in [2.45, 2.75) is 11.8 Å². The van der Waals surface area contributed by atoms with E-state index in [9.17, 15) is 0 Å². The zero-order valence-electron chi connectivity index (χ0n) is 7.08. The lowest BCUT2D eigenvalue weighted by molar-refractivity contribution is 0.325. The highest BCUT2D eigenvalue weighted by atomic mass is 32.1. The zero-order chi connectivity index (χ0) is 8.97. The predicted octanol–water partition coefficient (Wildman–Crippen LogP) is 1.62. The van der Waals surface area contributed by atoms with Gasteiger partial charge in [0.1, 0.15) is 12.4 Å². The number of benzene rings is 1. The first-order valence-corrected chi connectivity index (χ1v) is 4.32. The summed E-state index contributed by atoms with van der Waals surface area (Å²) in [5, 5.41) is 0. The van der Waals surface area contributed by atoms with Crippen molar-refractivity contribution in [3.8, 4) is 5.75 Å². The van der Waals surface area contributed by atoms with Gasteiger partial charge in [0.2, 0.25) is 0 Å². The minimum absolute atomic E-state index is 0.538. The van der Waals surface area contributed by atoms with Gasteiger partial charge in [-0.25, -0.2) is 0 Å². The van der Waals surface area contributed by atoms with Crippen LogP contribution in [0.2, 0.25) is 0 Å². The Bertz CT molecular complexity index is 263. The zero-order valence-corrected chi connectivity index (χ0v) is 7.97. The minimum atomic E-state index is 0.538. The molecule has 0 atom stereocenters. The third kappa shape index (κ3) is 2.16. The van der Waals surface area contributed by atoms with E-state index >= 15 is 0 Å². The van der Waals surface area contributed by atoms with Gasteiger partial charge in [0.05, 0.1) is 0 Å². The lowest BCUT2D eigenvalue weighted by atomic mass is 10.2. The second-order valence-electron chi connectivity index (χ2n) is 2.54. The van der Waals surface area contributed by atoms with Gasteiger partial charge < -0.3 is 10.5 Å². The first-order chi connectivity index (χ1) is 5.75. The van der Waals surface area contributed by atoms with E-state index in [4.69, 9.17) is 10.5 Å². The van der Waals surface area contributed by atoms with E-state index in [-0.39, 0.29) is 0 Å². The number of thiol groups is 1. The number of hydrogen-bond acceptors (Lipinski definition) is 3. The van der Waals surface area contributed by atoms with Crippen LogP contribution < -0.4 is 10.5 Å². The van der Waals surface area contributed by atoms with E-state index < -0.39 is 0 Å². The first-order valence-electron chi connectivity index (χ1n) is 3.87. The normalized spacial score (nSPS) is 9.92. The molecule has 0 unspecified atom stereocenters. The molecule has 0 amide bonds. The monoisotopic (exact) mass is 183 g/mol. The molecule has 0 fully saturated rings. The Labute approximate surface area is 78.1 Å². The molecule has 1 aromatic carbocycles. The summed E-state index contributed by atoms with van der Waals surface area (Å²) >= 11 is 4.28. The molecule has 0 heterocycles. The van der Waals surface area contributed by atoms with Crippen molar-refractivity contribution in [3.05, 3.63) is 23.8 Å². The van der Waals surface area contributed by atoms with Gasteiger partial charge in [0.25, 0.3) is 0 Å². The van der Waals surface area contributed by atoms with E-state index in [1.807, 2.05) is 25.1 Å².